The van der Waals surface area contributed by atoms with Crippen molar-refractivity contribution in [3.05, 3.63) is 111 Å². The number of benzene rings is 3. The fraction of sp³-hybridized carbons (Fsp3) is 0.172. The number of fused-ring (bicyclic) bond motifs is 1. The maximum atomic E-state index is 13.2. The highest BCUT2D eigenvalue weighted by Crippen LogP contribution is 2.37. The standard InChI is InChI=1S/C29H21F6INO4P/c30-28(31,32)22-12-19(13-23(15-22)29(33,34)35)11-21-7-6-20-14-24(8-9-25(20)27(21)39)40-16-18-3-1-17(2-4-18)5-10-26(38)37-41-42-36/h1-5,8-15,42H,6-7,16H2,(H,37,38)/b10-5+,21-11+. The van der Waals surface area contributed by atoms with Gasteiger partial charge in [-0.05, 0) is 106 Å². The van der Waals surface area contributed by atoms with Crippen molar-refractivity contribution >= 4 is 52.3 Å². The molecule has 220 valence electrons. The smallest absolute Gasteiger partial charge is 0.416 e. The summed E-state index contributed by atoms with van der Waals surface area (Å²) >= 11 is 1.98. The number of rotatable bonds is 8. The zero-order chi connectivity index (χ0) is 30.5. The normalized spacial score (nSPS) is 15.0. The van der Waals surface area contributed by atoms with E-state index in [1.54, 1.807) is 18.2 Å². The molecule has 3 aromatic rings. The summed E-state index contributed by atoms with van der Waals surface area (Å²) in [6.07, 6.45) is -5.39. The molecule has 1 amide bonds. The van der Waals surface area contributed by atoms with E-state index >= 15 is 0 Å². The molecule has 0 bridgehead atoms. The number of ether oxygens (including phenoxy) is 1. The molecular formula is C29H21F6INO4P. The van der Waals surface area contributed by atoms with Crippen molar-refractivity contribution in [3.63, 3.8) is 0 Å². The van der Waals surface area contributed by atoms with Crippen LogP contribution in [-0.4, -0.2) is 11.7 Å². The number of allylic oxidation sites excluding steroid dienone is 1. The van der Waals surface area contributed by atoms with E-state index in [-0.39, 0.29) is 42.6 Å². The van der Waals surface area contributed by atoms with E-state index in [9.17, 15) is 35.9 Å². The van der Waals surface area contributed by atoms with E-state index in [4.69, 9.17) is 9.36 Å². The number of nitrogens with one attached hydrogen (secondary N) is 1. The van der Waals surface area contributed by atoms with Gasteiger partial charge in [-0.25, -0.2) is 10.1 Å². The second kappa shape index (κ2) is 13.4. The summed E-state index contributed by atoms with van der Waals surface area (Å²) in [6.45, 7) is 0.331. The summed E-state index contributed by atoms with van der Waals surface area (Å²) in [5.41, 5.74) is 1.78. The Morgan fingerprint density at radius 1 is 0.905 bits per heavy atom. The topological polar surface area (TPSA) is 64.6 Å². The quantitative estimate of drug-likeness (QED) is 0.0834. The van der Waals surface area contributed by atoms with Crippen LogP contribution in [0.25, 0.3) is 12.2 Å². The number of hydrogen-bond acceptors (Lipinski definition) is 4. The van der Waals surface area contributed by atoms with E-state index in [1.807, 2.05) is 46.3 Å². The van der Waals surface area contributed by atoms with Crippen LogP contribution in [0.1, 0.15) is 50.2 Å². The predicted molar refractivity (Wildman–Crippen MR) is 155 cm³/mol. The fourth-order valence-electron chi connectivity index (χ4n) is 4.21. The summed E-state index contributed by atoms with van der Waals surface area (Å²) in [5, 5.41) is 0. The number of aryl methyl sites for hydroxylation is 1. The largest absolute Gasteiger partial charge is 0.489 e. The third kappa shape index (κ3) is 8.42. The summed E-state index contributed by atoms with van der Waals surface area (Å²) in [7, 11) is 0. The van der Waals surface area contributed by atoms with Gasteiger partial charge in [0.1, 0.15) is 18.8 Å². The number of alkyl halides is 6. The predicted octanol–water partition coefficient (Wildman–Crippen LogP) is 8.52. The Bertz CT molecular complexity index is 1500. The molecule has 0 saturated heterocycles. The first-order valence-electron chi connectivity index (χ1n) is 12.2. The number of amides is 1. The maximum absolute atomic E-state index is 13.2. The Hall–Kier alpha value is -3.22. The molecule has 13 heteroatoms. The van der Waals surface area contributed by atoms with E-state index < -0.39 is 29.3 Å². The van der Waals surface area contributed by atoms with Gasteiger partial charge in [0.2, 0.25) is 0 Å². The molecule has 0 aliphatic heterocycles. The van der Waals surface area contributed by atoms with Crippen LogP contribution < -0.4 is 10.2 Å². The SMILES string of the molecule is O=C(/C=C/c1ccc(COc2ccc3c(c2)CC/C(=C\c2cc(C(F)(F)F)cc(C(F)(F)F)c2)C3=O)cc1)NOPI. The lowest BCUT2D eigenvalue weighted by Gasteiger charge is -2.19. The molecule has 0 saturated carbocycles. The molecule has 1 unspecified atom stereocenters. The molecule has 0 spiro atoms. The average molecular weight is 719 g/mol. The van der Waals surface area contributed by atoms with Crippen molar-refractivity contribution in [2.24, 2.45) is 0 Å². The van der Waals surface area contributed by atoms with Crippen molar-refractivity contribution in [1.82, 2.24) is 5.48 Å². The highest BCUT2D eigenvalue weighted by molar-refractivity contribution is 14.2. The summed E-state index contributed by atoms with van der Waals surface area (Å²) in [6, 6.07) is 13.4. The number of carbonyl (C=O) groups is 2. The van der Waals surface area contributed by atoms with Gasteiger partial charge in [0.15, 0.2) is 5.78 Å². The van der Waals surface area contributed by atoms with Crippen LogP contribution in [0.15, 0.2) is 72.3 Å². The molecule has 0 radical (unpaired) electrons. The Morgan fingerprint density at radius 2 is 1.57 bits per heavy atom. The minimum Gasteiger partial charge on any atom is -0.489 e. The third-order valence-electron chi connectivity index (χ3n) is 6.23. The van der Waals surface area contributed by atoms with Gasteiger partial charge < -0.3 is 4.74 Å². The van der Waals surface area contributed by atoms with Crippen molar-refractivity contribution < 1.29 is 45.3 Å². The Labute approximate surface area is 251 Å². The highest BCUT2D eigenvalue weighted by Gasteiger charge is 2.37. The molecule has 1 atom stereocenters. The van der Waals surface area contributed by atoms with Crippen LogP contribution >= 0.6 is 28.5 Å². The monoisotopic (exact) mass is 719 g/mol. The van der Waals surface area contributed by atoms with Gasteiger partial charge in [0, 0.05) is 17.2 Å². The van der Waals surface area contributed by atoms with Gasteiger partial charge in [-0.15, -0.1) is 0 Å². The van der Waals surface area contributed by atoms with Gasteiger partial charge in [-0.1, -0.05) is 24.3 Å². The van der Waals surface area contributed by atoms with Crippen LogP contribution in [0.4, 0.5) is 26.3 Å². The lowest BCUT2D eigenvalue weighted by molar-refractivity contribution is -0.143. The molecule has 42 heavy (non-hydrogen) atoms. The molecule has 0 heterocycles. The zero-order valence-electron chi connectivity index (χ0n) is 21.4. The fourth-order valence-corrected chi connectivity index (χ4v) is 4.68. The van der Waals surface area contributed by atoms with Crippen molar-refractivity contribution in [3.8, 4) is 5.75 Å². The van der Waals surface area contributed by atoms with E-state index in [1.165, 1.54) is 12.1 Å². The molecule has 1 N–H and O–H groups in total. The summed E-state index contributed by atoms with van der Waals surface area (Å²) in [4.78, 5) is 24.6. The number of carbonyl (C=O) groups excluding carboxylic acids is 2. The second-order valence-electron chi connectivity index (χ2n) is 9.17. The molecule has 0 fully saturated rings. The summed E-state index contributed by atoms with van der Waals surface area (Å²) in [5.74, 6) is -0.350. The molecule has 4 rings (SSSR count). The third-order valence-corrected chi connectivity index (χ3v) is 7.07. The molecule has 5 nitrogen and oxygen atoms in total. The van der Waals surface area contributed by atoms with Gasteiger partial charge in [0.05, 0.1) is 11.1 Å². The molecule has 0 aromatic heterocycles. The Kier molecular flexibility index (Phi) is 10.1. The molecule has 1 aliphatic carbocycles. The first-order valence-corrected chi connectivity index (χ1v) is 16.2. The Balaban J connectivity index is 1.44. The molecule has 1 aliphatic rings. The van der Waals surface area contributed by atoms with Gasteiger partial charge >= 0.3 is 12.4 Å². The van der Waals surface area contributed by atoms with E-state index in [0.717, 1.165) is 17.2 Å². The number of hydroxylamine groups is 1. The van der Waals surface area contributed by atoms with Crippen LogP contribution in [0.2, 0.25) is 0 Å². The first kappa shape index (κ1) is 31.7. The molecule has 3 aromatic carbocycles. The maximum Gasteiger partial charge on any atom is 0.416 e. The number of ketones is 1. The van der Waals surface area contributed by atoms with Crippen molar-refractivity contribution in [1.29, 1.82) is 0 Å². The van der Waals surface area contributed by atoms with Crippen molar-refractivity contribution in [2.75, 3.05) is 0 Å². The lowest BCUT2D eigenvalue weighted by Crippen LogP contribution is -2.16. The van der Waals surface area contributed by atoms with E-state index in [2.05, 4.69) is 5.48 Å². The average Bonchev–Trinajstić information content (AvgIpc) is 2.94. The lowest BCUT2D eigenvalue weighted by atomic mass is 9.85. The number of Topliss-reactive ketones (excluding diaryl/α,β-unsaturated/α-hetero) is 1. The van der Waals surface area contributed by atoms with Crippen LogP contribution in [0.3, 0.4) is 0 Å². The highest BCUT2D eigenvalue weighted by atomic mass is 127. The van der Waals surface area contributed by atoms with Gasteiger partial charge in [0.25, 0.3) is 5.91 Å². The minimum absolute atomic E-state index is 0.0538. The number of hydrogen-bond donors (Lipinski definition) is 1. The van der Waals surface area contributed by atoms with Crippen molar-refractivity contribution in [2.45, 2.75) is 31.8 Å². The van der Waals surface area contributed by atoms with Crippen LogP contribution in [0, 0.1) is 0 Å². The second-order valence-corrected chi connectivity index (χ2v) is 10.8. The number of halogens is 7. The minimum atomic E-state index is -4.98. The van der Waals surface area contributed by atoms with Crippen LogP contribution in [-0.2, 0) is 34.8 Å². The van der Waals surface area contributed by atoms with Gasteiger partial charge in [-0.3, -0.25) is 9.59 Å². The Morgan fingerprint density at radius 3 is 2.19 bits per heavy atom. The summed E-state index contributed by atoms with van der Waals surface area (Å²) < 4.78 is 90.0. The van der Waals surface area contributed by atoms with E-state index in [0.29, 0.717) is 35.4 Å². The first-order chi connectivity index (χ1) is 19.8. The zero-order valence-corrected chi connectivity index (χ0v) is 24.6. The van der Waals surface area contributed by atoms with Gasteiger partial charge in [-0.2, -0.15) is 26.3 Å². The molecular weight excluding hydrogens is 698 g/mol. The van der Waals surface area contributed by atoms with Crippen LogP contribution in [0.5, 0.6) is 5.75 Å².